The van der Waals surface area contributed by atoms with Crippen molar-refractivity contribution in [3.8, 4) is 0 Å². The highest BCUT2D eigenvalue weighted by Crippen LogP contribution is 2.46. The molecule has 2 rings (SSSR count). The van der Waals surface area contributed by atoms with Gasteiger partial charge >= 0.3 is 0 Å². The third-order valence-electron chi connectivity index (χ3n) is 4.00. The van der Waals surface area contributed by atoms with E-state index in [1.807, 2.05) is 0 Å². The van der Waals surface area contributed by atoms with Crippen molar-refractivity contribution in [1.82, 2.24) is 0 Å². The van der Waals surface area contributed by atoms with Crippen LogP contribution in [0.15, 0.2) is 15.9 Å². The zero-order chi connectivity index (χ0) is 11.8. The van der Waals surface area contributed by atoms with Crippen molar-refractivity contribution in [3.05, 3.63) is 20.8 Å². The van der Waals surface area contributed by atoms with Crippen molar-refractivity contribution in [2.24, 2.45) is 5.41 Å². The molecule has 0 aromatic carbocycles. The first kappa shape index (κ1) is 12.6. The van der Waals surface area contributed by atoms with Gasteiger partial charge in [-0.1, -0.05) is 26.7 Å². The van der Waals surface area contributed by atoms with E-state index in [9.17, 15) is 5.11 Å². The summed E-state index contributed by atoms with van der Waals surface area (Å²) in [5.74, 6) is 0. The molecule has 0 amide bonds. The maximum atomic E-state index is 10.9. The molecule has 1 aromatic heterocycles. The molecule has 16 heavy (non-hydrogen) atoms. The summed E-state index contributed by atoms with van der Waals surface area (Å²) in [5.41, 5.74) is -0.475. The zero-order valence-electron chi connectivity index (χ0n) is 9.92. The van der Waals surface area contributed by atoms with Gasteiger partial charge in [0.05, 0.1) is 9.39 Å². The fraction of sp³-hybridized carbons (Fsp3) is 0.692. The Hall–Kier alpha value is 0.140. The molecule has 0 aliphatic heterocycles. The van der Waals surface area contributed by atoms with E-state index >= 15 is 0 Å². The summed E-state index contributed by atoms with van der Waals surface area (Å²) in [6.45, 7) is 4.41. The lowest BCUT2D eigenvalue weighted by Crippen LogP contribution is -2.48. The van der Waals surface area contributed by atoms with E-state index in [4.69, 9.17) is 0 Å². The maximum absolute atomic E-state index is 10.9. The van der Waals surface area contributed by atoms with Gasteiger partial charge in [-0.15, -0.1) is 11.3 Å². The highest BCUT2D eigenvalue weighted by molar-refractivity contribution is 9.11. The van der Waals surface area contributed by atoms with Crippen LogP contribution in [0.4, 0.5) is 0 Å². The predicted octanol–water partition coefficient (Wildman–Crippen LogP) is 4.38. The number of hydrogen-bond donors (Lipinski definition) is 1. The fourth-order valence-electron chi connectivity index (χ4n) is 2.62. The van der Waals surface area contributed by atoms with Crippen LogP contribution in [0.1, 0.15) is 44.4 Å². The van der Waals surface area contributed by atoms with Gasteiger partial charge in [0.1, 0.15) is 0 Å². The molecule has 1 aliphatic rings. The highest BCUT2D eigenvalue weighted by Gasteiger charge is 2.45. The van der Waals surface area contributed by atoms with Crippen molar-refractivity contribution >= 4 is 27.3 Å². The average molecular weight is 303 g/mol. The molecule has 1 aromatic rings. The summed E-state index contributed by atoms with van der Waals surface area (Å²) in [6, 6.07) is 4.19. The first-order chi connectivity index (χ1) is 7.43. The van der Waals surface area contributed by atoms with Gasteiger partial charge in [0, 0.05) is 11.3 Å². The van der Waals surface area contributed by atoms with Crippen molar-refractivity contribution in [3.63, 3.8) is 0 Å². The number of halogens is 1. The lowest BCUT2D eigenvalue weighted by Gasteiger charge is -2.46. The van der Waals surface area contributed by atoms with Crippen LogP contribution >= 0.6 is 27.3 Å². The molecule has 1 atom stereocenters. The van der Waals surface area contributed by atoms with E-state index in [0.717, 1.165) is 29.5 Å². The van der Waals surface area contributed by atoms with Crippen LogP contribution < -0.4 is 0 Å². The Balaban J connectivity index is 2.17. The third kappa shape index (κ3) is 2.36. The Morgan fingerprint density at radius 3 is 2.56 bits per heavy atom. The summed E-state index contributed by atoms with van der Waals surface area (Å²) >= 11 is 5.22. The molecule has 90 valence electrons. The molecule has 0 radical (unpaired) electrons. The summed E-state index contributed by atoms with van der Waals surface area (Å²) < 4.78 is 1.15. The monoisotopic (exact) mass is 302 g/mol. The molecule has 1 fully saturated rings. The highest BCUT2D eigenvalue weighted by atomic mass is 79.9. The standard InChI is InChI=1S/C13H19BrOS/c1-12(2)7-3-4-8-13(12,15)9-10-5-6-11(14)16-10/h5-6,15H,3-4,7-9H2,1-2H3. The van der Waals surface area contributed by atoms with Crippen LogP contribution in [-0.4, -0.2) is 10.7 Å². The molecule has 0 spiro atoms. The Labute approximate surface area is 110 Å². The van der Waals surface area contributed by atoms with Crippen LogP contribution in [0.2, 0.25) is 0 Å². The minimum absolute atomic E-state index is 0.0434. The van der Waals surface area contributed by atoms with Gasteiger partial charge in [0.25, 0.3) is 0 Å². The fourth-order valence-corrected chi connectivity index (χ4v) is 4.21. The second kappa shape index (κ2) is 4.43. The predicted molar refractivity (Wildman–Crippen MR) is 72.9 cm³/mol. The summed E-state index contributed by atoms with van der Waals surface area (Å²) in [7, 11) is 0. The molecule has 1 N–H and O–H groups in total. The molecular formula is C13H19BrOS. The van der Waals surface area contributed by atoms with Crippen LogP contribution in [0.5, 0.6) is 0 Å². The van der Waals surface area contributed by atoms with Gasteiger partial charge in [0.2, 0.25) is 0 Å². The first-order valence-corrected chi connectivity index (χ1v) is 7.51. The molecule has 1 saturated carbocycles. The summed E-state index contributed by atoms with van der Waals surface area (Å²) in [5, 5.41) is 10.9. The quantitative estimate of drug-likeness (QED) is 0.859. The van der Waals surface area contributed by atoms with Gasteiger partial charge in [-0.05, 0) is 46.3 Å². The Morgan fingerprint density at radius 1 is 1.31 bits per heavy atom. The van der Waals surface area contributed by atoms with Gasteiger partial charge in [-0.3, -0.25) is 0 Å². The lowest BCUT2D eigenvalue weighted by molar-refractivity contribution is -0.0953. The molecular weight excluding hydrogens is 284 g/mol. The van der Waals surface area contributed by atoms with Crippen LogP contribution in [0.25, 0.3) is 0 Å². The number of aliphatic hydroxyl groups is 1. The van der Waals surface area contributed by atoms with Crippen molar-refractivity contribution in [1.29, 1.82) is 0 Å². The van der Waals surface area contributed by atoms with E-state index in [2.05, 4.69) is 41.9 Å². The van der Waals surface area contributed by atoms with Crippen LogP contribution in [0.3, 0.4) is 0 Å². The van der Waals surface area contributed by atoms with Crippen LogP contribution in [0, 0.1) is 5.41 Å². The Morgan fingerprint density at radius 2 is 2.00 bits per heavy atom. The Kier molecular flexibility index (Phi) is 3.49. The second-order valence-electron chi connectivity index (χ2n) is 5.51. The van der Waals surface area contributed by atoms with E-state index in [1.165, 1.54) is 11.3 Å². The molecule has 0 saturated heterocycles. The SMILES string of the molecule is CC1(C)CCCCC1(O)Cc1ccc(Br)s1. The molecule has 1 unspecified atom stereocenters. The van der Waals surface area contributed by atoms with E-state index in [1.54, 1.807) is 11.3 Å². The topological polar surface area (TPSA) is 20.2 Å². The molecule has 3 heteroatoms. The van der Waals surface area contributed by atoms with Crippen LogP contribution in [-0.2, 0) is 6.42 Å². The van der Waals surface area contributed by atoms with Gasteiger partial charge in [0.15, 0.2) is 0 Å². The van der Waals surface area contributed by atoms with E-state index in [0.29, 0.717) is 0 Å². The molecule has 1 aliphatic carbocycles. The molecule has 0 bridgehead atoms. The third-order valence-corrected chi connectivity index (χ3v) is 5.62. The Bertz CT molecular complexity index is 372. The maximum Gasteiger partial charge on any atom is 0.0746 e. The minimum atomic E-state index is -0.518. The largest absolute Gasteiger partial charge is 0.389 e. The minimum Gasteiger partial charge on any atom is -0.389 e. The first-order valence-electron chi connectivity index (χ1n) is 5.90. The van der Waals surface area contributed by atoms with Crippen molar-refractivity contribution in [2.45, 2.75) is 51.6 Å². The van der Waals surface area contributed by atoms with Crippen molar-refractivity contribution < 1.29 is 5.11 Å². The average Bonchev–Trinajstić information content (AvgIpc) is 2.57. The second-order valence-corrected chi connectivity index (χ2v) is 8.05. The normalized spacial score (nSPS) is 29.2. The number of hydrogen-bond acceptors (Lipinski definition) is 2. The number of rotatable bonds is 2. The summed E-state index contributed by atoms with van der Waals surface area (Å²) in [4.78, 5) is 1.28. The zero-order valence-corrected chi connectivity index (χ0v) is 12.3. The van der Waals surface area contributed by atoms with E-state index in [-0.39, 0.29) is 5.41 Å². The molecule has 1 heterocycles. The summed E-state index contributed by atoms with van der Waals surface area (Å²) in [6.07, 6.45) is 5.29. The van der Waals surface area contributed by atoms with Crippen molar-refractivity contribution in [2.75, 3.05) is 0 Å². The smallest absolute Gasteiger partial charge is 0.0746 e. The lowest BCUT2D eigenvalue weighted by atomic mass is 9.64. The van der Waals surface area contributed by atoms with Gasteiger partial charge < -0.3 is 5.11 Å². The molecule has 1 nitrogen and oxygen atoms in total. The van der Waals surface area contributed by atoms with E-state index < -0.39 is 5.60 Å². The van der Waals surface area contributed by atoms with Gasteiger partial charge in [-0.25, -0.2) is 0 Å². The number of thiophene rings is 1. The van der Waals surface area contributed by atoms with Gasteiger partial charge in [-0.2, -0.15) is 0 Å².